The zero-order chi connectivity index (χ0) is 13.1. The second-order valence-electron chi connectivity index (χ2n) is 5.91. The Labute approximate surface area is 103 Å². The lowest BCUT2D eigenvalue weighted by atomic mass is 9.93. The van der Waals surface area contributed by atoms with Crippen LogP contribution < -0.4 is 0 Å². The van der Waals surface area contributed by atoms with Gasteiger partial charge in [-0.3, -0.25) is 0 Å². The van der Waals surface area contributed by atoms with E-state index in [4.69, 9.17) is 4.84 Å². The molecule has 0 radical (unpaired) electrons. The number of ketones is 1. The molecule has 1 aliphatic heterocycles. The van der Waals surface area contributed by atoms with E-state index in [1.165, 1.54) is 0 Å². The molecule has 1 fully saturated rings. The molecule has 4 nitrogen and oxygen atoms in total. The highest BCUT2D eigenvalue weighted by molar-refractivity contribution is 5.76. The minimum Gasteiger partial charge on any atom is -0.367 e. The van der Waals surface area contributed by atoms with Gasteiger partial charge in [0.05, 0.1) is 5.41 Å². The van der Waals surface area contributed by atoms with E-state index in [-0.39, 0.29) is 11.8 Å². The number of hydrogen-bond donors (Lipinski definition) is 0. The standard InChI is InChI=1S/C13H23NO3/c1-10(15)9-11-5-7-14(8-6-11)17-12(16)13(2,3)4/h11H,5-9H2,1-4H3. The van der Waals surface area contributed by atoms with Gasteiger partial charge in [0.15, 0.2) is 0 Å². The van der Waals surface area contributed by atoms with Gasteiger partial charge in [-0.1, -0.05) is 0 Å². The number of hydrogen-bond acceptors (Lipinski definition) is 4. The SMILES string of the molecule is CC(=O)CC1CCN(OC(=O)C(C)(C)C)CC1. The van der Waals surface area contributed by atoms with Crippen LogP contribution in [-0.2, 0) is 14.4 Å². The van der Waals surface area contributed by atoms with Crippen LogP contribution in [0.25, 0.3) is 0 Å². The Morgan fingerprint density at radius 2 is 1.76 bits per heavy atom. The molecule has 1 heterocycles. The number of Topliss-reactive ketones (excluding diaryl/α,β-unsaturated/α-hetero) is 1. The summed E-state index contributed by atoms with van der Waals surface area (Å²) in [5, 5.41) is 1.73. The molecule has 0 aromatic carbocycles. The van der Waals surface area contributed by atoms with E-state index in [1.807, 2.05) is 20.8 Å². The van der Waals surface area contributed by atoms with Gasteiger partial charge < -0.3 is 9.63 Å². The fourth-order valence-corrected chi connectivity index (χ4v) is 1.87. The molecule has 17 heavy (non-hydrogen) atoms. The van der Waals surface area contributed by atoms with Crippen molar-refractivity contribution < 1.29 is 14.4 Å². The molecule has 1 saturated heterocycles. The average Bonchev–Trinajstić information content (AvgIpc) is 2.18. The molecule has 0 aliphatic carbocycles. The van der Waals surface area contributed by atoms with E-state index in [2.05, 4.69) is 0 Å². The van der Waals surface area contributed by atoms with Gasteiger partial charge in [-0.2, -0.15) is 0 Å². The topological polar surface area (TPSA) is 46.6 Å². The van der Waals surface area contributed by atoms with Crippen molar-refractivity contribution in [3.63, 3.8) is 0 Å². The Morgan fingerprint density at radius 3 is 2.18 bits per heavy atom. The normalized spacial score (nSPS) is 19.1. The van der Waals surface area contributed by atoms with Crippen LogP contribution in [0.5, 0.6) is 0 Å². The summed E-state index contributed by atoms with van der Waals surface area (Å²) >= 11 is 0. The monoisotopic (exact) mass is 241 g/mol. The summed E-state index contributed by atoms with van der Waals surface area (Å²) in [5.41, 5.74) is -0.462. The van der Waals surface area contributed by atoms with Crippen LogP contribution in [0.15, 0.2) is 0 Å². The van der Waals surface area contributed by atoms with Gasteiger partial charge in [0, 0.05) is 19.5 Å². The second kappa shape index (κ2) is 5.63. The number of nitrogens with zero attached hydrogens (tertiary/aromatic N) is 1. The highest BCUT2D eigenvalue weighted by atomic mass is 16.7. The first-order valence-electron chi connectivity index (χ1n) is 6.26. The van der Waals surface area contributed by atoms with Crippen molar-refractivity contribution in [2.24, 2.45) is 11.3 Å². The second-order valence-corrected chi connectivity index (χ2v) is 5.91. The molecule has 0 unspecified atom stereocenters. The highest BCUT2D eigenvalue weighted by Crippen LogP contribution is 2.23. The first-order valence-corrected chi connectivity index (χ1v) is 6.26. The van der Waals surface area contributed by atoms with Crippen molar-refractivity contribution >= 4 is 11.8 Å². The highest BCUT2D eigenvalue weighted by Gasteiger charge is 2.28. The summed E-state index contributed by atoms with van der Waals surface area (Å²) in [5.74, 6) is 0.509. The number of hydroxylamine groups is 2. The molecule has 0 bridgehead atoms. The summed E-state index contributed by atoms with van der Waals surface area (Å²) in [6.07, 6.45) is 2.51. The summed E-state index contributed by atoms with van der Waals surface area (Å²) < 4.78 is 0. The van der Waals surface area contributed by atoms with Gasteiger partial charge in [-0.15, -0.1) is 5.06 Å². The Morgan fingerprint density at radius 1 is 1.24 bits per heavy atom. The van der Waals surface area contributed by atoms with E-state index < -0.39 is 5.41 Å². The predicted molar refractivity (Wildman–Crippen MR) is 65.1 cm³/mol. The minimum absolute atomic E-state index is 0.192. The third-order valence-electron chi connectivity index (χ3n) is 2.97. The Kier molecular flexibility index (Phi) is 4.69. The van der Waals surface area contributed by atoms with E-state index in [9.17, 15) is 9.59 Å². The molecule has 0 aromatic rings. The maximum Gasteiger partial charge on any atom is 0.330 e. The van der Waals surface area contributed by atoms with Crippen LogP contribution in [0.1, 0.15) is 47.0 Å². The molecule has 0 spiro atoms. The Bertz CT molecular complexity index is 286. The van der Waals surface area contributed by atoms with E-state index in [0.29, 0.717) is 12.3 Å². The third-order valence-corrected chi connectivity index (χ3v) is 2.97. The first-order chi connectivity index (χ1) is 7.79. The van der Waals surface area contributed by atoms with Crippen LogP contribution in [0.2, 0.25) is 0 Å². The lowest BCUT2D eigenvalue weighted by Gasteiger charge is -2.31. The lowest BCUT2D eigenvalue weighted by Crippen LogP contribution is -2.39. The number of carbonyl (C=O) groups excluding carboxylic acids is 2. The maximum absolute atomic E-state index is 11.7. The minimum atomic E-state index is -0.462. The van der Waals surface area contributed by atoms with Crippen LogP contribution in [0.3, 0.4) is 0 Å². The fraction of sp³-hybridized carbons (Fsp3) is 0.846. The first kappa shape index (κ1) is 14.2. The fourth-order valence-electron chi connectivity index (χ4n) is 1.87. The van der Waals surface area contributed by atoms with Crippen molar-refractivity contribution in [3.05, 3.63) is 0 Å². The quantitative estimate of drug-likeness (QED) is 0.760. The van der Waals surface area contributed by atoms with Crippen LogP contribution >= 0.6 is 0 Å². The third kappa shape index (κ3) is 4.86. The zero-order valence-electron chi connectivity index (χ0n) is 11.3. The Hall–Kier alpha value is -0.900. The summed E-state index contributed by atoms with van der Waals surface area (Å²) in [6.45, 7) is 8.64. The molecule has 4 heteroatoms. The molecule has 0 atom stereocenters. The summed E-state index contributed by atoms with van der Waals surface area (Å²) in [7, 11) is 0. The smallest absolute Gasteiger partial charge is 0.330 e. The Balaban J connectivity index is 2.33. The van der Waals surface area contributed by atoms with E-state index in [1.54, 1.807) is 12.0 Å². The maximum atomic E-state index is 11.7. The van der Waals surface area contributed by atoms with Crippen LogP contribution in [-0.4, -0.2) is 29.9 Å². The molecule has 0 saturated carbocycles. The molecule has 1 rings (SSSR count). The number of carbonyl (C=O) groups is 2. The average molecular weight is 241 g/mol. The number of piperidine rings is 1. The largest absolute Gasteiger partial charge is 0.367 e. The van der Waals surface area contributed by atoms with Gasteiger partial charge in [0.25, 0.3) is 0 Å². The van der Waals surface area contributed by atoms with Crippen molar-refractivity contribution in [3.8, 4) is 0 Å². The van der Waals surface area contributed by atoms with Gasteiger partial charge in [0.2, 0.25) is 0 Å². The summed E-state index contributed by atoms with van der Waals surface area (Å²) in [6, 6.07) is 0. The van der Waals surface area contributed by atoms with Gasteiger partial charge in [-0.05, 0) is 46.5 Å². The summed E-state index contributed by atoms with van der Waals surface area (Å²) in [4.78, 5) is 28.0. The predicted octanol–water partition coefficient (Wildman–Crippen LogP) is 2.18. The van der Waals surface area contributed by atoms with Crippen molar-refractivity contribution in [1.29, 1.82) is 0 Å². The van der Waals surface area contributed by atoms with E-state index >= 15 is 0 Å². The van der Waals surface area contributed by atoms with Gasteiger partial charge in [0.1, 0.15) is 5.78 Å². The molecule has 1 aliphatic rings. The van der Waals surface area contributed by atoms with Gasteiger partial charge >= 0.3 is 5.97 Å². The molecule has 0 N–H and O–H groups in total. The molecule has 0 aromatic heterocycles. The van der Waals surface area contributed by atoms with Crippen LogP contribution in [0.4, 0.5) is 0 Å². The van der Waals surface area contributed by atoms with Crippen molar-refractivity contribution in [2.45, 2.75) is 47.0 Å². The van der Waals surface area contributed by atoms with Crippen LogP contribution in [0, 0.1) is 11.3 Å². The molecule has 0 amide bonds. The molecule has 98 valence electrons. The molecular weight excluding hydrogens is 218 g/mol. The van der Waals surface area contributed by atoms with E-state index in [0.717, 1.165) is 25.9 Å². The number of rotatable bonds is 3. The lowest BCUT2D eigenvalue weighted by molar-refractivity contribution is -0.206. The van der Waals surface area contributed by atoms with Crippen molar-refractivity contribution in [1.82, 2.24) is 5.06 Å². The van der Waals surface area contributed by atoms with Gasteiger partial charge in [-0.25, -0.2) is 4.79 Å². The van der Waals surface area contributed by atoms with Crippen molar-refractivity contribution in [2.75, 3.05) is 13.1 Å². The molecular formula is C13H23NO3. The zero-order valence-corrected chi connectivity index (χ0v) is 11.3.